The summed E-state index contributed by atoms with van der Waals surface area (Å²) in [5.74, 6) is -1.41. The molecule has 2 amide bonds. The van der Waals surface area contributed by atoms with E-state index in [4.69, 9.17) is 5.11 Å². The molecular weight excluding hydrogens is 246 g/mol. The van der Waals surface area contributed by atoms with E-state index in [2.05, 4.69) is 10.2 Å². The number of aliphatic carboxylic acids is 1. The van der Waals surface area contributed by atoms with Crippen LogP contribution < -0.4 is 5.32 Å². The van der Waals surface area contributed by atoms with Crippen LogP contribution in [0.4, 0.5) is 4.79 Å². The Hall–Kier alpha value is -1.30. The second kappa shape index (κ2) is 5.77. The monoisotopic (exact) mass is 269 g/mol. The number of hydrogen-bond donors (Lipinski definition) is 2. The van der Waals surface area contributed by atoms with Crippen molar-refractivity contribution in [2.75, 3.05) is 26.7 Å². The zero-order chi connectivity index (χ0) is 14.0. The van der Waals surface area contributed by atoms with E-state index in [0.29, 0.717) is 0 Å². The topological polar surface area (TPSA) is 72.9 Å². The van der Waals surface area contributed by atoms with Gasteiger partial charge in [-0.3, -0.25) is 9.69 Å². The lowest BCUT2D eigenvalue weighted by Gasteiger charge is -2.22. The van der Waals surface area contributed by atoms with Crippen LogP contribution in [0.15, 0.2) is 0 Å². The van der Waals surface area contributed by atoms with Crippen LogP contribution in [0.2, 0.25) is 0 Å². The first kappa shape index (κ1) is 14.1. The van der Waals surface area contributed by atoms with Crippen molar-refractivity contribution in [1.82, 2.24) is 15.1 Å². The van der Waals surface area contributed by atoms with Gasteiger partial charge in [-0.1, -0.05) is 6.92 Å². The molecule has 19 heavy (non-hydrogen) atoms. The SMILES string of the molecule is CC(CN(C)C(=O)NC1CCN(C2CC2)C1)C(=O)O. The number of carboxylic acid groups (broad SMARTS) is 1. The molecule has 0 aromatic carbocycles. The number of carbonyl (C=O) groups is 2. The molecule has 0 spiro atoms. The zero-order valence-corrected chi connectivity index (χ0v) is 11.6. The summed E-state index contributed by atoms with van der Waals surface area (Å²) in [6.07, 6.45) is 3.57. The normalized spacial score (nSPS) is 25.1. The summed E-state index contributed by atoms with van der Waals surface area (Å²) < 4.78 is 0. The predicted octanol–water partition coefficient (Wildman–Crippen LogP) is 0.585. The van der Waals surface area contributed by atoms with Gasteiger partial charge in [-0.25, -0.2) is 4.79 Å². The lowest BCUT2D eigenvalue weighted by Crippen LogP contribution is -2.46. The molecule has 1 aliphatic heterocycles. The first-order valence-electron chi connectivity index (χ1n) is 6.96. The molecule has 1 saturated carbocycles. The van der Waals surface area contributed by atoms with Gasteiger partial charge in [0, 0.05) is 38.8 Å². The molecule has 1 heterocycles. The molecule has 1 saturated heterocycles. The van der Waals surface area contributed by atoms with Gasteiger partial charge >= 0.3 is 12.0 Å². The number of carbonyl (C=O) groups excluding carboxylic acids is 1. The van der Waals surface area contributed by atoms with Gasteiger partial charge in [0.25, 0.3) is 0 Å². The fraction of sp³-hybridized carbons (Fsp3) is 0.846. The predicted molar refractivity (Wildman–Crippen MR) is 71.0 cm³/mol. The Morgan fingerprint density at radius 1 is 1.42 bits per heavy atom. The van der Waals surface area contributed by atoms with E-state index in [1.807, 2.05) is 0 Å². The third-order valence-corrected chi connectivity index (χ3v) is 3.93. The minimum Gasteiger partial charge on any atom is -0.481 e. The molecule has 0 radical (unpaired) electrons. The summed E-state index contributed by atoms with van der Waals surface area (Å²) >= 11 is 0. The lowest BCUT2D eigenvalue weighted by molar-refractivity contribution is -0.141. The van der Waals surface area contributed by atoms with Crippen LogP contribution in [0.1, 0.15) is 26.2 Å². The average molecular weight is 269 g/mol. The molecule has 2 unspecified atom stereocenters. The van der Waals surface area contributed by atoms with E-state index < -0.39 is 11.9 Å². The molecule has 2 N–H and O–H groups in total. The highest BCUT2D eigenvalue weighted by Crippen LogP contribution is 2.29. The Bertz CT molecular complexity index is 357. The number of nitrogens with one attached hydrogen (secondary N) is 1. The summed E-state index contributed by atoms with van der Waals surface area (Å²) in [7, 11) is 1.64. The largest absolute Gasteiger partial charge is 0.481 e. The molecule has 2 atom stereocenters. The van der Waals surface area contributed by atoms with Crippen LogP contribution in [-0.2, 0) is 4.79 Å². The standard InChI is InChI=1S/C13H23N3O3/c1-9(12(17)18)7-15(2)13(19)14-10-5-6-16(8-10)11-3-4-11/h9-11H,3-8H2,1-2H3,(H,14,19)(H,17,18). The lowest BCUT2D eigenvalue weighted by atomic mass is 10.2. The number of urea groups is 1. The Kier molecular flexibility index (Phi) is 4.29. The summed E-state index contributed by atoms with van der Waals surface area (Å²) in [5, 5.41) is 11.8. The van der Waals surface area contributed by atoms with Crippen LogP contribution in [0.3, 0.4) is 0 Å². The zero-order valence-electron chi connectivity index (χ0n) is 11.6. The van der Waals surface area contributed by atoms with E-state index in [0.717, 1.165) is 25.6 Å². The van der Waals surface area contributed by atoms with Gasteiger partial charge in [0.15, 0.2) is 0 Å². The molecule has 2 rings (SSSR count). The summed E-state index contributed by atoms with van der Waals surface area (Å²) in [5.41, 5.74) is 0. The minimum absolute atomic E-state index is 0.171. The number of hydrogen-bond acceptors (Lipinski definition) is 3. The van der Waals surface area contributed by atoms with E-state index in [9.17, 15) is 9.59 Å². The molecule has 2 aliphatic rings. The number of rotatable bonds is 5. The van der Waals surface area contributed by atoms with Crippen molar-refractivity contribution in [2.24, 2.45) is 5.92 Å². The highest BCUT2D eigenvalue weighted by Gasteiger charge is 2.35. The second-order valence-electron chi connectivity index (χ2n) is 5.78. The Balaban J connectivity index is 1.72. The van der Waals surface area contributed by atoms with Crippen LogP contribution >= 0.6 is 0 Å². The van der Waals surface area contributed by atoms with Gasteiger partial charge in [0.2, 0.25) is 0 Å². The van der Waals surface area contributed by atoms with E-state index in [1.54, 1.807) is 14.0 Å². The Labute approximate surface area is 113 Å². The van der Waals surface area contributed by atoms with Gasteiger partial charge in [-0.2, -0.15) is 0 Å². The van der Waals surface area contributed by atoms with Crippen molar-refractivity contribution in [2.45, 2.75) is 38.3 Å². The first-order chi connectivity index (χ1) is 8.97. The number of likely N-dealkylation sites (tertiary alicyclic amines) is 1. The summed E-state index contributed by atoms with van der Waals surface area (Å²) in [6, 6.07) is 0.776. The van der Waals surface area contributed by atoms with Gasteiger partial charge < -0.3 is 15.3 Å². The van der Waals surface area contributed by atoms with Crippen molar-refractivity contribution in [3.63, 3.8) is 0 Å². The van der Waals surface area contributed by atoms with Crippen molar-refractivity contribution in [1.29, 1.82) is 0 Å². The molecule has 1 aliphatic carbocycles. The molecule has 0 bridgehead atoms. The number of carboxylic acids is 1. The van der Waals surface area contributed by atoms with Crippen LogP contribution in [0.25, 0.3) is 0 Å². The van der Waals surface area contributed by atoms with Crippen LogP contribution in [0, 0.1) is 5.92 Å². The number of nitrogens with zero attached hydrogens (tertiary/aromatic N) is 2. The van der Waals surface area contributed by atoms with E-state index in [1.165, 1.54) is 17.7 Å². The Morgan fingerprint density at radius 3 is 2.68 bits per heavy atom. The Morgan fingerprint density at radius 2 is 2.11 bits per heavy atom. The van der Waals surface area contributed by atoms with Crippen molar-refractivity contribution >= 4 is 12.0 Å². The van der Waals surface area contributed by atoms with Crippen LogP contribution in [0.5, 0.6) is 0 Å². The molecule has 108 valence electrons. The maximum absolute atomic E-state index is 12.0. The number of amides is 2. The average Bonchev–Trinajstić information content (AvgIpc) is 3.10. The summed E-state index contributed by atoms with van der Waals surface area (Å²) in [4.78, 5) is 26.6. The molecule has 6 nitrogen and oxygen atoms in total. The fourth-order valence-electron chi connectivity index (χ4n) is 2.53. The first-order valence-corrected chi connectivity index (χ1v) is 6.96. The fourth-order valence-corrected chi connectivity index (χ4v) is 2.53. The molecule has 0 aromatic heterocycles. The molecule has 6 heteroatoms. The van der Waals surface area contributed by atoms with Gasteiger partial charge in [-0.15, -0.1) is 0 Å². The van der Waals surface area contributed by atoms with Crippen molar-refractivity contribution in [3.8, 4) is 0 Å². The van der Waals surface area contributed by atoms with Crippen molar-refractivity contribution < 1.29 is 14.7 Å². The highest BCUT2D eigenvalue weighted by molar-refractivity contribution is 5.76. The van der Waals surface area contributed by atoms with E-state index in [-0.39, 0.29) is 18.6 Å². The van der Waals surface area contributed by atoms with Gasteiger partial charge in [0.1, 0.15) is 0 Å². The smallest absolute Gasteiger partial charge is 0.317 e. The van der Waals surface area contributed by atoms with E-state index >= 15 is 0 Å². The van der Waals surface area contributed by atoms with Crippen LogP contribution in [-0.4, -0.2) is 65.7 Å². The molecule has 2 fully saturated rings. The third kappa shape index (κ3) is 3.83. The summed E-state index contributed by atoms with van der Waals surface area (Å²) in [6.45, 7) is 3.83. The highest BCUT2D eigenvalue weighted by atomic mass is 16.4. The minimum atomic E-state index is -0.875. The molecular formula is C13H23N3O3. The van der Waals surface area contributed by atoms with Gasteiger partial charge in [-0.05, 0) is 19.3 Å². The van der Waals surface area contributed by atoms with Gasteiger partial charge in [0.05, 0.1) is 5.92 Å². The molecule has 0 aromatic rings. The maximum Gasteiger partial charge on any atom is 0.317 e. The third-order valence-electron chi connectivity index (χ3n) is 3.93. The van der Waals surface area contributed by atoms with Crippen molar-refractivity contribution in [3.05, 3.63) is 0 Å². The second-order valence-corrected chi connectivity index (χ2v) is 5.78. The maximum atomic E-state index is 12.0. The quantitative estimate of drug-likeness (QED) is 0.766.